The Morgan fingerprint density at radius 3 is 2.59 bits per heavy atom. The van der Waals surface area contributed by atoms with Crippen molar-refractivity contribution in [3.63, 3.8) is 0 Å². The van der Waals surface area contributed by atoms with Crippen LogP contribution in [0.1, 0.15) is 18.1 Å². The van der Waals surface area contributed by atoms with Gasteiger partial charge >= 0.3 is 0 Å². The molecule has 6 N–H and O–H groups in total. The lowest BCUT2D eigenvalue weighted by molar-refractivity contribution is 0.132. The van der Waals surface area contributed by atoms with E-state index in [1.807, 2.05) is 6.07 Å². The molecule has 12 nitrogen and oxygen atoms in total. The average molecular weight is 488 g/mol. The minimum Gasteiger partial charge on any atom is -0.481 e. The monoisotopic (exact) mass is 487 g/mol. The maximum atomic E-state index is 11.4. The van der Waals surface area contributed by atoms with Gasteiger partial charge in [-0.1, -0.05) is 6.58 Å². The summed E-state index contributed by atoms with van der Waals surface area (Å²) in [6.45, 7) is 6.99. The fourth-order valence-electron chi connectivity index (χ4n) is 3.40. The molecule has 0 aliphatic carbocycles. The number of methoxy groups -OCH3 is 1. The zero-order chi connectivity index (χ0) is 24.9. The Hall–Kier alpha value is -3.55. The normalized spacial score (nSPS) is 15.6. The predicted octanol–water partition coefficient (Wildman–Crippen LogP) is 0.516. The van der Waals surface area contributed by atoms with E-state index in [0.717, 1.165) is 11.8 Å². The quantitative estimate of drug-likeness (QED) is 0.290. The third-order valence-corrected chi connectivity index (χ3v) is 5.52. The highest BCUT2D eigenvalue weighted by molar-refractivity contribution is 7.88. The average Bonchev–Trinajstić information content (AvgIpc) is 2.72. The van der Waals surface area contributed by atoms with Crippen LogP contribution in [0.2, 0.25) is 0 Å². The molecule has 1 aliphatic rings. The maximum absolute atomic E-state index is 11.4. The van der Waals surface area contributed by atoms with E-state index in [1.165, 1.54) is 0 Å². The lowest BCUT2D eigenvalue weighted by atomic mass is 10.1. The summed E-state index contributed by atoms with van der Waals surface area (Å²) in [4.78, 5) is 19.2. The van der Waals surface area contributed by atoms with E-state index in [9.17, 15) is 8.42 Å². The molecule has 13 heteroatoms. The molecular formula is C21H29N9O3S. The van der Waals surface area contributed by atoms with Gasteiger partial charge in [-0.25, -0.2) is 33.1 Å². The Kier molecular flexibility index (Phi) is 7.81. The number of pyridine rings is 2. The summed E-state index contributed by atoms with van der Waals surface area (Å²) >= 11 is 0. The van der Waals surface area contributed by atoms with Crippen molar-refractivity contribution in [2.24, 2.45) is 21.5 Å². The molecule has 0 aromatic carbocycles. The summed E-state index contributed by atoms with van der Waals surface area (Å²) in [5.41, 5.74) is 14.0. The molecule has 0 saturated carbocycles. The topological polar surface area (TPSA) is 173 Å². The molecule has 182 valence electrons. The maximum Gasteiger partial charge on any atom is 0.213 e. The van der Waals surface area contributed by atoms with Crippen molar-refractivity contribution in [2.75, 3.05) is 31.8 Å². The van der Waals surface area contributed by atoms with Crippen molar-refractivity contribution < 1.29 is 13.2 Å². The van der Waals surface area contributed by atoms with E-state index in [2.05, 4.69) is 41.5 Å². The summed E-state index contributed by atoms with van der Waals surface area (Å²) < 4.78 is 30.5. The van der Waals surface area contributed by atoms with Gasteiger partial charge in [0.1, 0.15) is 23.3 Å². The summed E-state index contributed by atoms with van der Waals surface area (Å²) in [5.74, 6) is 1.64. The number of nitrogens with one attached hydrogen (secondary N) is 2. The molecule has 0 bridgehead atoms. The molecule has 0 spiro atoms. The number of hydrogen-bond donors (Lipinski definition) is 4. The van der Waals surface area contributed by atoms with Crippen LogP contribution in [0.4, 0.5) is 11.5 Å². The molecule has 1 aliphatic heterocycles. The zero-order valence-corrected chi connectivity index (χ0v) is 20.1. The minimum absolute atomic E-state index is 0.0965. The number of nitrogens with two attached hydrogens (primary N) is 2. The molecule has 2 aromatic heterocycles. The van der Waals surface area contributed by atoms with E-state index in [1.54, 1.807) is 38.6 Å². The number of amidine groups is 2. The fourth-order valence-corrected chi connectivity index (χ4v) is 4.16. The standard InChI is InChI=1S/C21H29N9O3S/c1-13(22)26-14(2)27-20(23)18-7-15(10-30-11-17(12-30)29-34(4,31)32)8-25-21(18)28-16-5-6-19(33-3)24-9-16/h5-9,17,29H,1,10-12,22H2,2-4H3,(H,25,28)(H2,23,26,27). The van der Waals surface area contributed by atoms with Gasteiger partial charge in [0.05, 0.1) is 30.8 Å². The Morgan fingerprint density at radius 1 is 1.26 bits per heavy atom. The molecule has 3 heterocycles. The van der Waals surface area contributed by atoms with Crippen molar-refractivity contribution in [1.29, 1.82) is 0 Å². The molecule has 0 radical (unpaired) electrons. The number of sulfonamides is 1. The fraction of sp³-hybridized carbons (Fsp3) is 0.333. The number of ether oxygens (including phenoxy) is 1. The van der Waals surface area contributed by atoms with Gasteiger partial charge in [0.2, 0.25) is 15.9 Å². The number of hydrogen-bond acceptors (Lipinski definition) is 9. The first kappa shape index (κ1) is 25.1. The summed E-state index contributed by atoms with van der Waals surface area (Å²) in [5, 5.41) is 3.20. The smallest absolute Gasteiger partial charge is 0.213 e. The number of anilines is 2. The Morgan fingerprint density at radius 2 is 2.00 bits per heavy atom. The van der Waals surface area contributed by atoms with Crippen molar-refractivity contribution >= 4 is 33.2 Å². The highest BCUT2D eigenvalue weighted by Gasteiger charge is 2.29. The molecule has 3 rings (SSSR count). The van der Waals surface area contributed by atoms with E-state index in [4.69, 9.17) is 16.2 Å². The highest BCUT2D eigenvalue weighted by atomic mass is 32.2. The van der Waals surface area contributed by atoms with Gasteiger partial charge in [-0.15, -0.1) is 0 Å². The minimum atomic E-state index is -3.23. The van der Waals surface area contributed by atoms with Gasteiger partial charge in [0.15, 0.2) is 0 Å². The summed E-state index contributed by atoms with van der Waals surface area (Å²) in [6, 6.07) is 5.31. The van der Waals surface area contributed by atoms with E-state index >= 15 is 0 Å². The highest BCUT2D eigenvalue weighted by Crippen LogP contribution is 2.22. The van der Waals surface area contributed by atoms with Gasteiger partial charge in [-0.2, -0.15) is 0 Å². The van der Waals surface area contributed by atoms with E-state index < -0.39 is 10.0 Å². The van der Waals surface area contributed by atoms with Crippen LogP contribution in [0.5, 0.6) is 5.88 Å². The van der Waals surface area contributed by atoms with Crippen molar-refractivity contribution in [3.05, 3.63) is 54.1 Å². The van der Waals surface area contributed by atoms with Gasteiger partial charge in [0, 0.05) is 37.9 Å². The molecular weight excluding hydrogens is 458 g/mol. The van der Waals surface area contributed by atoms with Crippen LogP contribution in [0.25, 0.3) is 0 Å². The number of rotatable bonds is 9. The van der Waals surface area contributed by atoms with Crippen LogP contribution in [-0.4, -0.2) is 67.5 Å². The van der Waals surface area contributed by atoms with Crippen LogP contribution < -0.4 is 26.2 Å². The van der Waals surface area contributed by atoms with Crippen molar-refractivity contribution in [3.8, 4) is 5.88 Å². The van der Waals surface area contributed by atoms with Gasteiger partial charge in [-0.3, -0.25) is 4.90 Å². The van der Waals surface area contributed by atoms with E-state index in [-0.39, 0.29) is 17.7 Å². The lowest BCUT2D eigenvalue weighted by Gasteiger charge is -2.39. The Bertz CT molecular complexity index is 1200. The summed E-state index contributed by atoms with van der Waals surface area (Å²) in [7, 11) is -1.68. The number of aromatic nitrogens is 2. The van der Waals surface area contributed by atoms with Crippen molar-refractivity contribution in [1.82, 2.24) is 19.6 Å². The molecule has 0 atom stereocenters. The van der Waals surface area contributed by atoms with Crippen LogP contribution in [0.3, 0.4) is 0 Å². The molecule has 2 aromatic rings. The zero-order valence-electron chi connectivity index (χ0n) is 19.3. The third kappa shape index (κ3) is 7.23. The molecule has 0 unspecified atom stereocenters. The van der Waals surface area contributed by atoms with Crippen LogP contribution in [0, 0.1) is 0 Å². The van der Waals surface area contributed by atoms with Gasteiger partial charge in [-0.05, 0) is 24.6 Å². The van der Waals surface area contributed by atoms with E-state index in [0.29, 0.717) is 48.4 Å². The van der Waals surface area contributed by atoms with Crippen molar-refractivity contribution in [2.45, 2.75) is 19.5 Å². The second-order valence-electron chi connectivity index (χ2n) is 7.88. The first-order valence-corrected chi connectivity index (χ1v) is 12.2. The molecule has 1 saturated heterocycles. The number of aliphatic imine (C=N–C) groups is 2. The lowest BCUT2D eigenvalue weighted by Crippen LogP contribution is -2.58. The van der Waals surface area contributed by atoms with Gasteiger partial charge < -0.3 is 21.5 Å². The molecule has 0 amide bonds. The van der Waals surface area contributed by atoms with Crippen LogP contribution >= 0.6 is 0 Å². The summed E-state index contributed by atoms with van der Waals surface area (Å²) in [6.07, 6.45) is 4.50. The Labute approximate surface area is 198 Å². The second kappa shape index (κ2) is 10.6. The largest absolute Gasteiger partial charge is 0.481 e. The second-order valence-corrected chi connectivity index (χ2v) is 9.66. The third-order valence-electron chi connectivity index (χ3n) is 4.76. The SMILES string of the molecule is C=C(N)/N=C(C)\N=C(/N)c1cc(CN2CC(NS(C)(=O)=O)C2)cnc1Nc1ccc(OC)nc1. The number of nitrogens with zero attached hydrogens (tertiary/aromatic N) is 5. The first-order valence-electron chi connectivity index (χ1n) is 10.3. The Balaban J connectivity index is 1.83. The molecule has 1 fully saturated rings. The predicted molar refractivity (Wildman–Crippen MR) is 133 cm³/mol. The van der Waals surface area contributed by atoms with Crippen LogP contribution in [-0.2, 0) is 16.6 Å². The first-order chi connectivity index (χ1) is 16.0. The molecule has 34 heavy (non-hydrogen) atoms. The van der Waals surface area contributed by atoms with Crippen LogP contribution in [0.15, 0.2) is 53.0 Å². The van der Waals surface area contributed by atoms with Gasteiger partial charge in [0.25, 0.3) is 0 Å². The number of likely N-dealkylation sites (tertiary alicyclic amines) is 1.